The van der Waals surface area contributed by atoms with E-state index in [2.05, 4.69) is 29.6 Å². The molecule has 2 heteroatoms. The summed E-state index contributed by atoms with van der Waals surface area (Å²) in [5, 5.41) is 2.99. The second-order valence-electron chi connectivity index (χ2n) is 4.71. The number of carbonyl (C=O) groups excluding carboxylic acids is 1. The molecule has 0 saturated carbocycles. The van der Waals surface area contributed by atoms with Crippen LogP contribution in [-0.2, 0) is 4.79 Å². The van der Waals surface area contributed by atoms with E-state index in [9.17, 15) is 4.79 Å². The molecule has 0 saturated heterocycles. The zero-order valence-corrected chi connectivity index (χ0v) is 11.6. The van der Waals surface area contributed by atoms with Crippen molar-refractivity contribution in [1.82, 2.24) is 5.32 Å². The maximum absolute atomic E-state index is 11.3. The highest BCUT2D eigenvalue weighted by atomic mass is 16.1. The molecule has 0 heterocycles. The molecule has 102 valence electrons. The first kappa shape index (κ1) is 14.1. The molecule has 1 amide bonds. The maximum atomic E-state index is 11.3. The fourth-order valence-corrected chi connectivity index (χ4v) is 2.11. The van der Waals surface area contributed by atoms with Crippen LogP contribution in [0.2, 0.25) is 0 Å². The molecule has 1 N–H and O–H groups in total. The van der Waals surface area contributed by atoms with Crippen LogP contribution in [0.3, 0.4) is 0 Å². The maximum Gasteiger partial charge on any atom is 0.217 e. The lowest BCUT2D eigenvalue weighted by Gasteiger charge is -2.16. The minimum absolute atomic E-state index is 0.00744. The van der Waals surface area contributed by atoms with Crippen molar-refractivity contribution in [2.45, 2.75) is 19.4 Å². The van der Waals surface area contributed by atoms with Gasteiger partial charge in [-0.25, -0.2) is 0 Å². The molecule has 0 bridgehead atoms. The van der Waals surface area contributed by atoms with Crippen LogP contribution in [0.4, 0.5) is 0 Å². The Morgan fingerprint density at radius 2 is 1.65 bits per heavy atom. The summed E-state index contributed by atoms with van der Waals surface area (Å²) in [7, 11) is 0. The number of hydrogen-bond donors (Lipinski definition) is 1. The highest BCUT2D eigenvalue weighted by molar-refractivity contribution is 5.73. The van der Waals surface area contributed by atoms with Gasteiger partial charge in [0.05, 0.1) is 6.04 Å². The van der Waals surface area contributed by atoms with Crippen molar-refractivity contribution in [2.75, 3.05) is 0 Å². The molecular weight excluding hydrogens is 246 g/mol. The van der Waals surface area contributed by atoms with Crippen LogP contribution in [0, 0.1) is 0 Å². The Labute approximate surface area is 120 Å². The zero-order chi connectivity index (χ0) is 14.2. The van der Waals surface area contributed by atoms with E-state index in [1.54, 1.807) is 6.92 Å². The third-order valence-electron chi connectivity index (χ3n) is 3.06. The third-order valence-corrected chi connectivity index (χ3v) is 3.06. The van der Waals surface area contributed by atoms with E-state index in [0.29, 0.717) is 0 Å². The van der Waals surface area contributed by atoms with Crippen LogP contribution in [0.1, 0.15) is 30.5 Å². The van der Waals surface area contributed by atoms with E-state index in [-0.39, 0.29) is 11.9 Å². The molecular formula is C18H19NO. The van der Waals surface area contributed by atoms with Crippen molar-refractivity contribution >= 4 is 12.0 Å². The van der Waals surface area contributed by atoms with E-state index in [1.807, 2.05) is 48.5 Å². The highest BCUT2D eigenvalue weighted by Gasteiger charge is 2.10. The van der Waals surface area contributed by atoms with Crippen LogP contribution in [0.25, 0.3) is 6.08 Å². The predicted octanol–water partition coefficient (Wildman–Crippen LogP) is 3.97. The minimum Gasteiger partial charge on any atom is -0.349 e. The Kier molecular flexibility index (Phi) is 5.13. The zero-order valence-electron chi connectivity index (χ0n) is 11.6. The lowest BCUT2D eigenvalue weighted by atomic mass is 10.0. The van der Waals surface area contributed by atoms with Crippen molar-refractivity contribution in [2.24, 2.45) is 0 Å². The first-order chi connectivity index (χ1) is 9.75. The van der Waals surface area contributed by atoms with Gasteiger partial charge in [0.25, 0.3) is 0 Å². The molecule has 0 aliphatic carbocycles. The van der Waals surface area contributed by atoms with E-state index < -0.39 is 0 Å². The van der Waals surface area contributed by atoms with Gasteiger partial charge in [0.15, 0.2) is 0 Å². The molecule has 2 rings (SSSR count). The van der Waals surface area contributed by atoms with Crippen LogP contribution in [0.5, 0.6) is 0 Å². The summed E-state index contributed by atoms with van der Waals surface area (Å²) in [5.74, 6) is -0.00744. The average molecular weight is 265 g/mol. The third kappa shape index (κ3) is 4.39. The van der Waals surface area contributed by atoms with Gasteiger partial charge in [-0.2, -0.15) is 0 Å². The fraction of sp³-hybridized carbons (Fsp3) is 0.167. The van der Waals surface area contributed by atoms with Crippen molar-refractivity contribution < 1.29 is 4.79 Å². The lowest BCUT2D eigenvalue weighted by molar-refractivity contribution is -0.119. The first-order valence-electron chi connectivity index (χ1n) is 6.79. The second kappa shape index (κ2) is 7.29. The molecule has 0 spiro atoms. The lowest BCUT2D eigenvalue weighted by Crippen LogP contribution is -2.25. The van der Waals surface area contributed by atoms with Gasteiger partial charge >= 0.3 is 0 Å². The predicted molar refractivity (Wildman–Crippen MR) is 83.1 cm³/mol. The fourth-order valence-electron chi connectivity index (χ4n) is 2.11. The summed E-state index contributed by atoms with van der Waals surface area (Å²) in [6.07, 6.45) is 4.96. The molecule has 1 atom stereocenters. The van der Waals surface area contributed by atoms with Gasteiger partial charge < -0.3 is 5.32 Å². The van der Waals surface area contributed by atoms with Crippen molar-refractivity contribution in [3.05, 3.63) is 77.9 Å². The van der Waals surface area contributed by atoms with E-state index in [4.69, 9.17) is 0 Å². The van der Waals surface area contributed by atoms with E-state index >= 15 is 0 Å². The number of carbonyl (C=O) groups is 1. The van der Waals surface area contributed by atoms with Crippen LogP contribution >= 0.6 is 0 Å². The largest absolute Gasteiger partial charge is 0.349 e. The number of nitrogens with one attached hydrogen (secondary N) is 1. The molecule has 0 radical (unpaired) electrons. The van der Waals surface area contributed by atoms with E-state index in [0.717, 1.165) is 12.0 Å². The number of benzene rings is 2. The summed E-state index contributed by atoms with van der Waals surface area (Å²) < 4.78 is 0. The summed E-state index contributed by atoms with van der Waals surface area (Å²) >= 11 is 0. The van der Waals surface area contributed by atoms with Gasteiger partial charge in [0, 0.05) is 6.92 Å². The topological polar surface area (TPSA) is 29.1 Å². The van der Waals surface area contributed by atoms with Crippen LogP contribution < -0.4 is 5.32 Å². The van der Waals surface area contributed by atoms with E-state index in [1.165, 1.54) is 5.56 Å². The van der Waals surface area contributed by atoms with Crippen molar-refractivity contribution in [3.63, 3.8) is 0 Å². The second-order valence-corrected chi connectivity index (χ2v) is 4.71. The monoisotopic (exact) mass is 265 g/mol. The molecule has 0 aliphatic heterocycles. The summed E-state index contributed by atoms with van der Waals surface area (Å²) in [4.78, 5) is 11.3. The highest BCUT2D eigenvalue weighted by Crippen LogP contribution is 2.17. The molecule has 0 aromatic heterocycles. The quantitative estimate of drug-likeness (QED) is 0.871. The Morgan fingerprint density at radius 3 is 2.25 bits per heavy atom. The first-order valence-corrected chi connectivity index (χ1v) is 6.79. The molecule has 0 fully saturated rings. The average Bonchev–Trinajstić information content (AvgIpc) is 2.48. The van der Waals surface area contributed by atoms with Gasteiger partial charge in [0.1, 0.15) is 0 Å². The Bertz CT molecular complexity index is 560. The summed E-state index contributed by atoms with van der Waals surface area (Å²) in [6.45, 7) is 1.55. The smallest absolute Gasteiger partial charge is 0.217 e. The molecule has 1 unspecified atom stereocenters. The molecule has 2 aromatic rings. The summed E-state index contributed by atoms with van der Waals surface area (Å²) in [6, 6.07) is 20.2. The minimum atomic E-state index is -0.00744. The Morgan fingerprint density at radius 1 is 1.05 bits per heavy atom. The standard InChI is InChI=1S/C18H19NO/c1-15(20)19-18(17-12-6-3-7-13-17)14-8-11-16-9-4-2-5-10-16/h2-13,18H,14H2,1H3,(H,19,20)/b11-8+. The normalized spacial score (nSPS) is 12.2. The van der Waals surface area contributed by atoms with Gasteiger partial charge in [-0.15, -0.1) is 0 Å². The molecule has 2 nitrogen and oxygen atoms in total. The van der Waals surface area contributed by atoms with Crippen molar-refractivity contribution in [1.29, 1.82) is 0 Å². The molecule has 20 heavy (non-hydrogen) atoms. The number of amides is 1. The van der Waals surface area contributed by atoms with Gasteiger partial charge in [-0.05, 0) is 17.5 Å². The van der Waals surface area contributed by atoms with Gasteiger partial charge in [-0.1, -0.05) is 72.8 Å². The Hall–Kier alpha value is -2.35. The Balaban J connectivity index is 2.05. The van der Waals surface area contributed by atoms with Crippen LogP contribution in [-0.4, -0.2) is 5.91 Å². The molecule has 2 aromatic carbocycles. The summed E-state index contributed by atoms with van der Waals surface area (Å²) in [5.41, 5.74) is 2.29. The van der Waals surface area contributed by atoms with Crippen LogP contribution in [0.15, 0.2) is 66.7 Å². The SMILES string of the molecule is CC(=O)NC(C/C=C/c1ccccc1)c1ccccc1. The number of hydrogen-bond acceptors (Lipinski definition) is 1. The van der Waals surface area contributed by atoms with Gasteiger partial charge in [-0.3, -0.25) is 4.79 Å². The van der Waals surface area contributed by atoms with Gasteiger partial charge in [0.2, 0.25) is 5.91 Å². The van der Waals surface area contributed by atoms with Crippen molar-refractivity contribution in [3.8, 4) is 0 Å². The number of rotatable bonds is 5. The molecule has 0 aliphatic rings.